The minimum Gasteiger partial charge on any atom is -0.383 e. The van der Waals surface area contributed by atoms with E-state index >= 15 is 0 Å². The average Bonchev–Trinajstić information content (AvgIpc) is 2.45. The first-order valence-corrected chi connectivity index (χ1v) is 6.82. The van der Waals surface area contributed by atoms with Crippen molar-refractivity contribution in [3.05, 3.63) is 24.0 Å². The molecule has 19 heavy (non-hydrogen) atoms. The standard InChI is InChI=1S/C14H22N4O/c1-18(2)14(19)13-9-11(6-8-16-13)17-10-12-5-3-4-7-15-12/h6,8-9,12,15H,3-5,7,10H2,1-2H3,(H,16,17). The van der Waals surface area contributed by atoms with Crippen molar-refractivity contribution >= 4 is 11.6 Å². The number of hydrogen-bond donors (Lipinski definition) is 2. The summed E-state index contributed by atoms with van der Waals surface area (Å²) in [6.07, 6.45) is 5.45. The van der Waals surface area contributed by atoms with Gasteiger partial charge in [-0.15, -0.1) is 0 Å². The van der Waals surface area contributed by atoms with Crippen LogP contribution in [0.25, 0.3) is 0 Å². The van der Waals surface area contributed by atoms with E-state index in [0.29, 0.717) is 11.7 Å². The highest BCUT2D eigenvalue weighted by atomic mass is 16.2. The molecule has 1 saturated heterocycles. The average molecular weight is 262 g/mol. The van der Waals surface area contributed by atoms with Crippen molar-refractivity contribution < 1.29 is 4.79 Å². The Hall–Kier alpha value is -1.62. The Morgan fingerprint density at radius 1 is 1.53 bits per heavy atom. The number of carbonyl (C=O) groups excluding carboxylic acids is 1. The number of pyridine rings is 1. The van der Waals surface area contributed by atoms with E-state index in [4.69, 9.17) is 0 Å². The smallest absolute Gasteiger partial charge is 0.272 e. The maximum Gasteiger partial charge on any atom is 0.272 e. The van der Waals surface area contributed by atoms with Crippen LogP contribution in [0.3, 0.4) is 0 Å². The lowest BCUT2D eigenvalue weighted by Crippen LogP contribution is -2.39. The molecule has 0 aliphatic carbocycles. The van der Waals surface area contributed by atoms with Crippen LogP contribution in [-0.2, 0) is 0 Å². The second-order valence-electron chi connectivity index (χ2n) is 5.16. The summed E-state index contributed by atoms with van der Waals surface area (Å²) in [5.74, 6) is -0.0700. The monoisotopic (exact) mass is 262 g/mol. The number of aromatic nitrogens is 1. The molecular weight excluding hydrogens is 240 g/mol. The van der Waals surface area contributed by atoms with E-state index in [-0.39, 0.29) is 5.91 Å². The predicted molar refractivity (Wildman–Crippen MR) is 76.4 cm³/mol. The first-order valence-electron chi connectivity index (χ1n) is 6.82. The fourth-order valence-corrected chi connectivity index (χ4v) is 2.23. The third-order valence-corrected chi connectivity index (χ3v) is 3.35. The molecule has 1 aromatic rings. The molecule has 5 heteroatoms. The molecule has 1 aromatic heterocycles. The Morgan fingerprint density at radius 3 is 3.05 bits per heavy atom. The molecule has 2 heterocycles. The molecule has 1 unspecified atom stereocenters. The molecule has 1 amide bonds. The molecule has 0 aromatic carbocycles. The van der Waals surface area contributed by atoms with Crippen molar-refractivity contribution in [2.24, 2.45) is 0 Å². The third kappa shape index (κ3) is 3.92. The second-order valence-corrected chi connectivity index (χ2v) is 5.16. The summed E-state index contributed by atoms with van der Waals surface area (Å²) in [5, 5.41) is 6.87. The molecule has 1 aliphatic rings. The van der Waals surface area contributed by atoms with Gasteiger partial charge in [-0.25, -0.2) is 0 Å². The van der Waals surface area contributed by atoms with E-state index in [2.05, 4.69) is 15.6 Å². The highest BCUT2D eigenvalue weighted by Gasteiger charge is 2.13. The van der Waals surface area contributed by atoms with Gasteiger partial charge < -0.3 is 15.5 Å². The summed E-state index contributed by atoms with van der Waals surface area (Å²) >= 11 is 0. The maximum atomic E-state index is 11.8. The van der Waals surface area contributed by atoms with E-state index in [0.717, 1.165) is 18.8 Å². The molecule has 2 N–H and O–H groups in total. The second kappa shape index (κ2) is 6.52. The minimum absolute atomic E-state index is 0.0700. The Kier molecular flexibility index (Phi) is 4.74. The summed E-state index contributed by atoms with van der Waals surface area (Å²) in [6, 6.07) is 4.23. The van der Waals surface area contributed by atoms with Crippen LogP contribution in [0.1, 0.15) is 29.8 Å². The summed E-state index contributed by atoms with van der Waals surface area (Å²) < 4.78 is 0. The van der Waals surface area contributed by atoms with Gasteiger partial charge in [-0.3, -0.25) is 9.78 Å². The van der Waals surface area contributed by atoms with Gasteiger partial charge in [0.05, 0.1) is 0 Å². The topological polar surface area (TPSA) is 57.3 Å². The van der Waals surface area contributed by atoms with Gasteiger partial charge in [0.1, 0.15) is 5.69 Å². The zero-order valence-electron chi connectivity index (χ0n) is 11.6. The lowest BCUT2D eigenvalue weighted by atomic mass is 10.1. The molecule has 1 atom stereocenters. The molecule has 0 saturated carbocycles. The van der Waals surface area contributed by atoms with Crippen LogP contribution >= 0.6 is 0 Å². The molecule has 5 nitrogen and oxygen atoms in total. The lowest BCUT2D eigenvalue weighted by Gasteiger charge is -2.24. The van der Waals surface area contributed by atoms with E-state index in [9.17, 15) is 4.79 Å². The number of amides is 1. The van der Waals surface area contributed by atoms with Gasteiger partial charge in [0.15, 0.2) is 0 Å². The van der Waals surface area contributed by atoms with E-state index in [1.165, 1.54) is 24.2 Å². The van der Waals surface area contributed by atoms with Crippen LogP contribution in [0.5, 0.6) is 0 Å². The Bertz CT molecular complexity index is 427. The minimum atomic E-state index is -0.0700. The normalized spacial score (nSPS) is 18.9. The van der Waals surface area contributed by atoms with Gasteiger partial charge in [0, 0.05) is 38.6 Å². The summed E-state index contributed by atoms with van der Waals surface area (Å²) in [5.41, 5.74) is 1.43. The van der Waals surface area contributed by atoms with Crippen LogP contribution in [-0.4, -0.2) is 49.0 Å². The van der Waals surface area contributed by atoms with Crippen molar-refractivity contribution in [3.8, 4) is 0 Å². The lowest BCUT2D eigenvalue weighted by molar-refractivity contribution is 0.0822. The van der Waals surface area contributed by atoms with Gasteiger partial charge in [-0.1, -0.05) is 6.42 Å². The molecule has 1 aliphatic heterocycles. The molecular formula is C14H22N4O. The molecule has 0 bridgehead atoms. The van der Waals surface area contributed by atoms with Crippen molar-refractivity contribution in [2.75, 3.05) is 32.5 Å². The van der Waals surface area contributed by atoms with Crippen LogP contribution in [0.15, 0.2) is 18.3 Å². The first kappa shape index (κ1) is 13.8. The number of hydrogen-bond acceptors (Lipinski definition) is 4. The van der Waals surface area contributed by atoms with Crippen LogP contribution in [0, 0.1) is 0 Å². The molecule has 2 rings (SSSR count). The number of anilines is 1. The highest BCUT2D eigenvalue weighted by molar-refractivity contribution is 5.92. The zero-order chi connectivity index (χ0) is 13.7. The third-order valence-electron chi connectivity index (χ3n) is 3.35. The van der Waals surface area contributed by atoms with E-state index in [1.54, 1.807) is 20.3 Å². The van der Waals surface area contributed by atoms with Gasteiger partial charge in [-0.05, 0) is 31.5 Å². The zero-order valence-corrected chi connectivity index (χ0v) is 11.6. The maximum absolute atomic E-state index is 11.8. The van der Waals surface area contributed by atoms with E-state index in [1.807, 2.05) is 12.1 Å². The van der Waals surface area contributed by atoms with E-state index < -0.39 is 0 Å². The molecule has 0 radical (unpaired) electrons. The van der Waals surface area contributed by atoms with Gasteiger partial charge >= 0.3 is 0 Å². The highest BCUT2D eigenvalue weighted by Crippen LogP contribution is 2.12. The first-order chi connectivity index (χ1) is 9.16. The van der Waals surface area contributed by atoms with Crippen LogP contribution in [0.2, 0.25) is 0 Å². The molecule has 0 spiro atoms. The molecule has 1 fully saturated rings. The Balaban J connectivity index is 1.93. The largest absolute Gasteiger partial charge is 0.383 e. The Morgan fingerprint density at radius 2 is 2.37 bits per heavy atom. The fourth-order valence-electron chi connectivity index (χ4n) is 2.23. The van der Waals surface area contributed by atoms with Gasteiger partial charge in [-0.2, -0.15) is 0 Å². The quantitative estimate of drug-likeness (QED) is 0.859. The molecule has 104 valence electrons. The van der Waals surface area contributed by atoms with Crippen molar-refractivity contribution in [1.82, 2.24) is 15.2 Å². The fraction of sp³-hybridized carbons (Fsp3) is 0.571. The number of nitrogens with one attached hydrogen (secondary N) is 2. The number of rotatable bonds is 4. The SMILES string of the molecule is CN(C)C(=O)c1cc(NCC2CCCCN2)ccn1. The summed E-state index contributed by atoms with van der Waals surface area (Å²) in [6.45, 7) is 1.99. The number of carbonyl (C=O) groups is 1. The summed E-state index contributed by atoms with van der Waals surface area (Å²) in [7, 11) is 3.46. The number of nitrogens with zero attached hydrogens (tertiary/aromatic N) is 2. The van der Waals surface area contributed by atoms with Gasteiger partial charge in [0.25, 0.3) is 5.91 Å². The predicted octanol–water partition coefficient (Wildman–Crippen LogP) is 1.34. The van der Waals surface area contributed by atoms with Crippen LogP contribution < -0.4 is 10.6 Å². The number of piperidine rings is 1. The summed E-state index contributed by atoms with van der Waals surface area (Å²) in [4.78, 5) is 17.5. The Labute approximate surface area is 114 Å². The van der Waals surface area contributed by atoms with Crippen molar-refractivity contribution in [1.29, 1.82) is 0 Å². The van der Waals surface area contributed by atoms with Crippen molar-refractivity contribution in [3.63, 3.8) is 0 Å². The van der Waals surface area contributed by atoms with Crippen molar-refractivity contribution in [2.45, 2.75) is 25.3 Å². The van der Waals surface area contributed by atoms with Crippen LogP contribution in [0.4, 0.5) is 5.69 Å². The van der Waals surface area contributed by atoms with Gasteiger partial charge in [0.2, 0.25) is 0 Å².